The molecule has 2 heterocycles. The van der Waals surface area contributed by atoms with Crippen molar-refractivity contribution in [3.8, 4) is 0 Å². The van der Waals surface area contributed by atoms with Gasteiger partial charge in [0.05, 0.1) is 5.69 Å². The number of nitrogens with one attached hydrogen (secondary N) is 1. The van der Waals surface area contributed by atoms with Crippen LogP contribution in [0, 0.1) is 19.8 Å². The van der Waals surface area contributed by atoms with E-state index in [2.05, 4.69) is 65.0 Å². The van der Waals surface area contributed by atoms with Gasteiger partial charge in [0.25, 0.3) is 0 Å². The zero-order chi connectivity index (χ0) is 20.8. The molecule has 5 heteroatoms. The van der Waals surface area contributed by atoms with E-state index in [1.807, 2.05) is 6.92 Å². The van der Waals surface area contributed by atoms with Crippen LogP contribution in [0.4, 0.5) is 0 Å². The molecule has 2 aromatic rings. The third-order valence-electron chi connectivity index (χ3n) is 5.79. The van der Waals surface area contributed by atoms with E-state index in [-0.39, 0.29) is 5.91 Å². The summed E-state index contributed by atoms with van der Waals surface area (Å²) in [6.07, 6.45) is 3.89. The van der Waals surface area contributed by atoms with Gasteiger partial charge in [-0.15, -0.1) is 0 Å². The number of carbonyl (C=O) groups excluding carboxylic acids is 1. The lowest BCUT2D eigenvalue weighted by atomic mass is 10.1. The summed E-state index contributed by atoms with van der Waals surface area (Å²) in [4.78, 5) is 14.9. The summed E-state index contributed by atoms with van der Waals surface area (Å²) < 4.78 is 2.08. The Labute approximate surface area is 175 Å². The fraction of sp³-hybridized carbons (Fsp3) is 0.583. The van der Waals surface area contributed by atoms with Crippen LogP contribution in [-0.2, 0) is 30.8 Å². The standard InChI is InChI=1S/C24H36N4O/c1-18(2)16-28-20(4)23(19(3)26-28)11-12-24(29)25-15-21-7-9-22(10-8-21)17-27-13-5-6-14-27/h7-10,18H,5-6,11-17H2,1-4H3,(H,25,29). The lowest BCUT2D eigenvalue weighted by molar-refractivity contribution is -0.121. The molecule has 29 heavy (non-hydrogen) atoms. The first kappa shape index (κ1) is 21.6. The van der Waals surface area contributed by atoms with Gasteiger partial charge >= 0.3 is 0 Å². The van der Waals surface area contributed by atoms with Crippen LogP contribution in [0.3, 0.4) is 0 Å². The Bertz CT molecular complexity index is 801. The van der Waals surface area contributed by atoms with Gasteiger partial charge in [-0.1, -0.05) is 38.1 Å². The van der Waals surface area contributed by atoms with Crippen LogP contribution in [0.1, 0.15) is 61.2 Å². The largest absolute Gasteiger partial charge is 0.352 e. The first-order chi connectivity index (χ1) is 13.9. The molecule has 1 saturated heterocycles. The first-order valence-corrected chi connectivity index (χ1v) is 11.0. The molecule has 1 aliphatic heterocycles. The van der Waals surface area contributed by atoms with Gasteiger partial charge in [-0.05, 0) is 68.8 Å². The molecule has 1 amide bonds. The van der Waals surface area contributed by atoms with Crippen LogP contribution >= 0.6 is 0 Å². The predicted octanol–water partition coefficient (Wildman–Crippen LogP) is 4.00. The minimum atomic E-state index is 0.0987. The number of rotatable bonds is 9. The highest BCUT2D eigenvalue weighted by Gasteiger charge is 2.14. The third-order valence-corrected chi connectivity index (χ3v) is 5.79. The quantitative estimate of drug-likeness (QED) is 0.697. The normalized spacial score (nSPS) is 14.7. The van der Waals surface area contributed by atoms with Crippen LogP contribution in [-0.4, -0.2) is 33.7 Å². The summed E-state index contributed by atoms with van der Waals surface area (Å²) in [5, 5.41) is 7.71. The van der Waals surface area contributed by atoms with Crippen LogP contribution in [0.15, 0.2) is 24.3 Å². The van der Waals surface area contributed by atoms with Gasteiger partial charge in [0.15, 0.2) is 0 Å². The fourth-order valence-electron chi connectivity index (χ4n) is 4.11. The molecule has 1 aliphatic rings. The minimum absolute atomic E-state index is 0.0987. The number of amides is 1. The van der Waals surface area contributed by atoms with Crippen molar-refractivity contribution in [3.05, 3.63) is 52.3 Å². The highest BCUT2D eigenvalue weighted by atomic mass is 16.1. The summed E-state index contributed by atoms with van der Waals surface area (Å²) >= 11 is 0. The van der Waals surface area contributed by atoms with Crippen molar-refractivity contribution in [2.75, 3.05) is 13.1 Å². The molecule has 158 valence electrons. The summed E-state index contributed by atoms with van der Waals surface area (Å²) in [5.74, 6) is 0.660. The molecular weight excluding hydrogens is 360 g/mol. The SMILES string of the molecule is Cc1nn(CC(C)C)c(C)c1CCC(=O)NCc1ccc(CN2CCCC2)cc1. The second-order valence-electron chi connectivity index (χ2n) is 8.80. The van der Waals surface area contributed by atoms with Crippen LogP contribution in [0.2, 0.25) is 0 Å². The van der Waals surface area contributed by atoms with E-state index < -0.39 is 0 Å². The van der Waals surface area contributed by atoms with Gasteiger partial charge in [0, 0.05) is 31.7 Å². The molecular formula is C24H36N4O. The Kier molecular flexibility index (Phi) is 7.48. The van der Waals surface area contributed by atoms with Crippen molar-refractivity contribution >= 4 is 5.91 Å². The second-order valence-corrected chi connectivity index (χ2v) is 8.80. The number of nitrogens with zero attached hydrogens (tertiary/aromatic N) is 3. The molecule has 1 fully saturated rings. The van der Waals surface area contributed by atoms with Gasteiger partial charge in [-0.25, -0.2) is 0 Å². The number of aromatic nitrogens is 2. The van der Waals surface area contributed by atoms with E-state index in [4.69, 9.17) is 0 Å². The maximum Gasteiger partial charge on any atom is 0.220 e. The van der Waals surface area contributed by atoms with Gasteiger partial charge in [-0.2, -0.15) is 5.10 Å². The molecule has 3 rings (SSSR count). The van der Waals surface area contributed by atoms with Crippen LogP contribution in [0.5, 0.6) is 0 Å². The molecule has 0 spiro atoms. The summed E-state index contributed by atoms with van der Waals surface area (Å²) in [6, 6.07) is 8.65. The lowest BCUT2D eigenvalue weighted by Crippen LogP contribution is -2.23. The van der Waals surface area contributed by atoms with E-state index in [1.54, 1.807) is 0 Å². The molecule has 1 aromatic heterocycles. The molecule has 0 saturated carbocycles. The Morgan fingerprint density at radius 3 is 2.41 bits per heavy atom. The van der Waals surface area contributed by atoms with Crippen molar-refractivity contribution in [3.63, 3.8) is 0 Å². The molecule has 0 bridgehead atoms. The van der Waals surface area contributed by atoms with Crippen molar-refractivity contribution in [1.29, 1.82) is 0 Å². The maximum absolute atomic E-state index is 12.3. The van der Waals surface area contributed by atoms with Gasteiger partial charge in [0.2, 0.25) is 5.91 Å². The second kappa shape index (κ2) is 10.1. The molecule has 1 aromatic carbocycles. The van der Waals surface area contributed by atoms with Crippen LogP contribution < -0.4 is 5.32 Å². The Morgan fingerprint density at radius 2 is 1.76 bits per heavy atom. The molecule has 0 unspecified atom stereocenters. The number of aryl methyl sites for hydroxylation is 1. The Balaban J connectivity index is 1.45. The van der Waals surface area contributed by atoms with Gasteiger partial charge in [0.1, 0.15) is 0 Å². The zero-order valence-electron chi connectivity index (χ0n) is 18.5. The summed E-state index contributed by atoms with van der Waals surface area (Å²) in [6.45, 7) is 13.5. The van der Waals surface area contributed by atoms with Gasteiger partial charge < -0.3 is 5.32 Å². The highest BCUT2D eigenvalue weighted by molar-refractivity contribution is 5.76. The summed E-state index contributed by atoms with van der Waals surface area (Å²) in [5.41, 5.74) is 5.96. The summed E-state index contributed by atoms with van der Waals surface area (Å²) in [7, 11) is 0. The molecule has 0 atom stereocenters. The topological polar surface area (TPSA) is 50.2 Å². The smallest absolute Gasteiger partial charge is 0.220 e. The van der Waals surface area contributed by atoms with Crippen molar-refractivity contribution in [2.45, 2.75) is 73.0 Å². The predicted molar refractivity (Wildman–Crippen MR) is 118 cm³/mol. The maximum atomic E-state index is 12.3. The zero-order valence-corrected chi connectivity index (χ0v) is 18.5. The minimum Gasteiger partial charge on any atom is -0.352 e. The third kappa shape index (κ3) is 6.17. The number of hydrogen-bond acceptors (Lipinski definition) is 3. The lowest BCUT2D eigenvalue weighted by Gasteiger charge is -2.14. The van der Waals surface area contributed by atoms with Crippen molar-refractivity contribution in [2.24, 2.45) is 5.92 Å². The monoisotopic (exact) mass is 396 g/mol. The van der Waals surface area contributed by atoms with Gasteiger partial charge in [-0.3, -0.25) is 14.4 Å². The Hall–Kier alpha value is -2.14. The first-order valence-electron chi connectivity index (χ1n) is 11.0. The Morgan fingerprint density at radius 1 is 1.10 bits per heavy atom. The highest BCUT2D eigenvalue weighted by Crippen LogP contribution is 2.17. The van der Waals surface area contributed by atoms with E-state index in [9.17, 15) is 4.79 Å². The van der Waals surface area contributed by atoms with E-state index >= 15 is 0 Å². The average Bonchev–Trinajstić information content (AvgIpc) is 3.28. The number of likely N-dealkylation sites (tertiary alicyclic amines) is 1. The number of benzene rings is 1. The fourth-order valence-corrected chi connectivity index (χ4v) is 4.11. The molecule has 0 radical (unpaired) electrons. The molecule has 0 aliphatic carbocycles. The van der Waals surface area contributed by atoms with Crippen molar-refractivity contribution in [1.82, 2.24) is 20.0 Å². The van der Waals surface area contributed by atoms with Crippen molar-refractivity contribution < 1.29 is 4.79 Å². The van der Waals surface area contributed by atoms with Crippen LogP contribution in [0.25, 0.3) is 0 Å². The number of hydrogen-bond donors (Lipinski definition) is 1. The average molecular weight is 397 g/mol. The van der Waals surface area contributed by atoms with E-state index in [0.29, 0.717) is 18.9 Å². The van der Waals surface area contributed by atoms with E-state index in [1.165, 1.54) is 42.8 Å². The molecule has 5 nitrogen and oxygen atoms in total. The number of carbonyl (C=O) groups is 1. The molecule has 1 N–H and O–H groups in total. The van der Waals surface area contributed by atoms with E-state index in [0.717, 1.165) is 30.8 Å².